The van der Waals surface area contributed by atoms with Crippen LogP contribution in [0.5, 0.6) is 0 Å². The molecule has 9 nitrogen and oxygen atoms in total. The van der Waals surface area contributed by atoms with E-state index in [4.69, 9.17) is 18.9 Å². The Balaban J connectivity index is 1.47. The SMILES string of the molecule is N#Cc1cccn1[C@@H]1O[C@H](COC(=O)c2ccccc2)[C@@H](OC(=O)c2ccccc2)[C@H]1OC(=O)c1ccccc1. The maximum absolute atomic E-state index is 13.2. The van der Waals surface area contributed by atoms with Gasteiger partial charge in [-0.15, -0.1) is 0 Å². The Kier molecular flexibility index (Phi) is 7.99. The van der Waals surface area contributed by atoms with Crippen LogP contribution in [-0.2, 0) is 18.9 Å². The number of esters is 3. The van der Waals surface area contributed by atoms with E-state index in [0.29, 0.717) is 5.56 Å². The minimum atomic E-state index is -1.18. The molecule has 4 aromatic rings. The van der Waals surface area contributed by atoms with E-state index >= 15 is 0 Å². The molecule has 1 aromatic heterocycles. The van der Waals surface area contributed by atoms with Crippen molar-refractivity contribution in [2.24, 2.45) is 0 Å². The van der Waals surface area contributed by atoms with Crippen molar-refractivity contribution in [1.29, 1.82) is 5.26 Å². The van der Waals surface area contributed by atoms with Gasteiger partial charge in [0.2, 0.25) is 0 Å². The molecule has 2 heterocycles. The Morgan fingerprint density at radius 2 is 1.20 bits per heavy atom. The van der Waals surface area contributed by atoms with Gasteiger partial charge in [-0.2, -0.15) is 5.26 Å². The zero-order valence-corrected chi connectivity index (χ0v) is 21.2. The molecule has 0 unspecified atom stereocenters. The van der Waals surface area contributed by atoms with Gasteiger partial charge < -0.3 is 23.5 Å². The number of rotatable bonds is 8. The number of hydrogen-bond acceptors (Lipinski definition) is 8. The topological polar surface area (TPSA) is 117 Å². The molecule has 1 aliphatic rings. The summed E-state index contributed by atoms with van der Waals surface area (Å²) in [7, 11) is 0. The lowest BCUT2D eigenvalue weighted by Crippen LogP contribution is -2.41. The van der Waals surface area contributed by atoms with Crippen LogP contribution in [0.4, 0.5) is 0 Å². The summed E-state index contributed by atoms with van der Waals surface area (Å²) in [5.41, 5.74) is 1.12. The standard InChI is InChI=1S/C31H24N2O7/c32-19-24-17-10-18-33(24)28-27(40-31(36)23-15-8-3-9-16-23)26(39-30(35)22-13-6-2-7-14-22)25(38-28)20-37-29(34)21-11-4-1-5-12-21/h1-18,25-28H,20H2/t25-,26-,27-,28-/m1/s1. The molecule has 0 aliphatic carbocycles. The van der Waals surface area contributed by atoms with Gasteiger partial charge >= 0.3 is 17.9 Å². The number of nitriles is 1. The van der Waals surface area contributed by atoms with Crippen molar-refractivity contribution >= 4 is 17.9 Å². The monoisotopic (exact) mass is 536 g/mol. The van der Waals surface area contributed by atoms with Crippen LogP contribution >= 0.6 is 0 Å². The fraction of sp³-hybridized carbons (Fsp3) is 0.161. The first-order chi connectivity index (χ1) is 19.5. The van der Waals surface area contributed by atoms with Crippen LogP contribution in [0.2, 0.25) is 0 Å². The summed E-state index contributed by atoms with van der Waals surface area (Å²) in [6.07, 6.45) is -2.83. The van der Waals surface area contributed by atoms with Crippen molar-refractivity contribution in [2.75, 3.05) is 6.61 Å². The third-order valence-corrected chi connectivity index (χ3v) is 6.35. The second-order valence-electron chi connectivity index (χ2n) is 8.91. The van der Waals surface area contributed by atoms with E-state index < -0.39 is 42.4 Å². The summed E-state index contributed by atoms with van der Waals surface area (Å²) < 4.78 is 25.0. The van der Waals surface area contributed by atoms with Gasteiger partial charge in [0.05, 0.1) is 16.7 Å². The highest BCUT2D eigenvalue weighted by molar-refractivity contribution is 5.91. The maximum Gasteiger partial charge on any atom is 0.338 e. The molecule has 5 rings (SSSR count). The first-order valence-corrected chi connectivity index (χ1v) is 12.5. The molecule has 1 saturated heterocycles. The van der Waals surface area contributed by atoms with Gasteiger partial charge in [0, 0.05) is 6.20 Å². The van der Waals surface area contributed by atoms with Crippen LogP contribution in [0.3, 0.4) is 0 Å². The molecule has 40 heavy (non-hydrogen) atoms. The molecule has 0 radical (unpaired) electrons. The highest BCUT2D eigenvalue weighted by atomic mass is 16.7. The van der Waals surface area contributed by atoms with Crippen molar-refractivity contribution < 1.29 is 33.3 Å². The number of carbonyl (C=O) groups excluding carboxylic acids is 3. The van der Waals surface area contributed by atoms with E-state index in [-0.39, 0.29) is 23.4 Å². The fourth-order valence-electron chi connectivity index (χ4n) is 4.39. The van der Waals surface area contributed by atoms with E-state index in [1.54, 1.807) is 109 Å². The summed E-state index contributed by atoms with van der Waals surface area (Å²) >= 11 is 0. The lowest BCUT2D eigenvalue weighted by molar-refractivity contribution is -0.0622. The molecule has 0 saturated carbocycles. The van der Waals surface area contributed by atoms with Gasteiger partial charge in [0.25, 0.3) is 0 Å². The normalized spacial score (nSPS) is 19.8. The zero-order valence-electron chi connectivity index (χ0n) is 21.2. The van der Waals surface area contributed by atoms with Crippen molar-refractivity contribution in [3.8, 4) is 6.07 Å². The fourth-order valence-corrected chi connectivity index (χ4v) is 4.39. The van der Waals surface area contributed by atoms with E-state index in [9.17, 15) is 19.6 Å². The lowest BCUT2D eigenvalue weighted by Gasteiger charge is -2.25. The molecule has 0 N–H and O–H groups in total. The summed E-state index contributed by atoms with van der Waals surface area (Å²) in [6.45, 7) is -0.306. The van der Waals surface area contributed by atoms with Crippen LogP contribution in [0.1, 0.15) is 43.0 Å². The van der Waals surface area contributed by atoms with Gasteiger partial charge in [-0.1, -0.05) is 54.6 Å². The number of aromatic nitrogens is 1. The molecular weight excluding hydrogens is 512 g/mol. The third-order valence-electron chi connectivity index (χ3n) is 6.35. The number of nitrogens with zero attached hydrogens (tertiary/aromatic N) is 2. The maximum atomic E-state index is 13.2. The smallest absolute Gasteiger partial charge is 0.338 e. The highest BCUT2D eigenvalue weighted by Crippen LogP contribution is 2.36. The van der Waals surface area contributed by atoms with Crippen molar-refractivity contribution in [1.82, 2.24) is 4.57 Å². The first kappa shape index (κ1) is 26.4. The van der Waals surface area contributed by atoms with Crippen LogP contribution in [-0.4, -0.2) is 47.4 Å². The lowest BCUT2D eigenvalue weighted by atomic mass is 10.1. The van der Waals surface area contributed by atoms with Gasteiger partial charge in [0.1, 0.15) is 24.5 Å². The first-order valence-electron chi connectivity index (χ1n) is 12.5. The summed E-state index contributed by atoms with van der Waals surface area (Å²) in [5, 5.41) is 9.65. The molecule has 3 aromatic carbocycles. The number of ether oxygens (including phenoxy) is 4. The molecule has 200 valence electrons. The van der Waals surface area contributed by atoms with E-state index in [0.717, 1.165) is 0 Å². The van der Waals surface area contributed by atoms with Gasteiger partial charge in [0.15, 0.2) is 18.4 Å². The van der Waals surface area contributed by atoms with Crippen LogP contribution in [0.15, 0.2) is 109 Å². The largest absolute Gasteiger partial charge is 0.459 e. The molecular formula is C31H24N2O7. The molecule has 1 aliphatic heterocycles. The second-order valence-corrected chi connectivity index (χ2v) is 8.91. The van der Waals surface area contributed by atoms with Crippen molar-refractivity contribution in [3.63, 3.8) is 0 Å². The van der Waals surface area contributed by atoms with E-state index in [1.165, 1.54) is 4.57 Å². The van der Waals surface area contributed by atoms with Crippen LogP contribution < -0.4 is 0 Å². The Bertz CT molecular complexity index is 1510. The molecule has 0 amide bonds. The Morgan fingerprint density at radius 3 is 1.73 bits per heavy atom. The average molecular weight is 537 g/mol. The third kappa shape index (κ3) is 5.77. The predicted octanol–water partition coefficient (Wildman–Crippen LogP) is 4.57. The van der Waals surface area contributed by atoms with E-state index in [1.807, 2.05) is 0 Å². The number of benzene rings is 3. The molecule has 0 spiro atoms. The summed E-state index contributed by atoms with van der Waals surface area (Å²) in [5.74, 6) is -1.95. The Labute approximate surface area is 230 Å². The molecule has 1 fully saturated rings. The van der Waals surface area contributed by atoms with Crippen LogP contribution in [0.25, 0.3) is 0 Å². The summed E-state index contributed by atoms with van der Waals surface area (Å²) in [4.78, 5) is 39.0. The van der Waals surface area contributed by atoms with Crippen LogP contribution in [0, 0.1) is 11.3 Å². The second kappa shape index (κ2) is 12.1. The molecule has 9 heteroatoms. The number of carbonyl (C=O) groups is 3. The summed E-state index contributed by atoms with van der Waals surface area (Å²) in [6, 6.07) is 30.3. The zero-order chi connectivity index (χ0) is 27.9. The van der Waals surface area contributed by atoms with Gasteiger partial charge in [-0.05, 0) is 48.5 Å². The molecule has 0 bridgehead atoms. The quantitative estimate of drug-likeness (QED) is 0.238. The minimum Gasteiger partial charge on any atom is -0.459 e. The Morgan fingerprint density at radius 1 is 0.700 bits per heavy atom. The average Bonchev–Trinajstić information content (AvgIpc) is 3.61. The Hall–Kier alpha value is -5.20. The van der Waals surface area contributed by atoms with Gasteiger partial charge in [-0.3, -0.25) is 0 Å². The van der Waals surface area contributed by atoms with Crippen molar-refractivity contribution in [3.05, 3.63) is 132 Å². The minimum absolute atomic E-state index is 0.237. The van der Waals surface area contributed by atoms with E-state index in [2.05, 4.69) is 6.07 Å². The van der Waals surface area contributed by atoms with Crippen molar-refractivity contribution in [2.45, 2.75) is 24.5 Å². The number of hydrogen-bond donors (Lipinski definition) is 0. The predicted molar refractivity (Wildman–Crippen MR) is 141 cm³/mol. The highest BCUT2D eigenvalue weighted by Gasteiger charge is 2.51. The molecule has 4 atom stereocenters. The van der Waals surface area contributed by atoms with Gasteiger partial charge in [-0.25, -0.2) is 14.4 Å².